The van der Waals surface area contributed by atoms with E-state index >= 15 is 0 Å². The second-order valence-electron chi connectivity index (χ2n) is 7.47. The van der Waals surface area contributed by atoms with Crippen LogP contribution < -0.4 is 14.9 Å². The first-order chi connectivity index (χ1) is 13.2. The van der Waals surface area contributed by atoms with Crippen LogP contribution in [0.5, 0.6) is 11.5 Å². The molecule has 2 atom stereocenters. The highest BCUT2D eigenvalue weighted by Gasteiger charge is 2.51. The topological polar surface area (TPSA) is 51.3 Å². The Morgan fingerprint density at radius 2 is 1.78 bits per heavy atom. The number of rotatable bonds is 0. The van der Waals surface area contributed by atoms with E-state index in [9.17, 15) is 4.79 Å². The van der Waals surface area contributed by atoms with Gasteiger partial charge in [-0.3, -0.25) is 4.79 Å². The van der Waals surface area contributed by atoms with Crippen molar-refractivity contribution in [2.45, 2.75) is 18.4 Å². The van der Waals surface area contributed by atoms with Crippen LogP contribution in [0.3, 0.4) is 0 Å². The predicted octanol–water partition coefficient (Wildman–Crippen LogP) is 4.47. The van der Waals surface area contributed by atoms with Crippen LogP contribution in [0, 0.1) is 0 Å². The Morgan fingerprint density at radius 3 is 2.70 bits per heavy atom. The normalized spacial score (nSPS) is 22.6. The number of aromatic amines is 1. The zero-order valence-corrected chi connectivity index (χ0v) is 14.8. The van der Waals surface area contributed by atoms with Crippen LogP contribution in [0.1, 0.15) is 24.0 Å². The van der Waals surface area contributed by atoms with Crippen LogP contribution in [0.4, 0.5) is 0 Å². The van der Waals surface area contributed by atoms with Crippen molar-refractivity contribution in [1.82, 2.24) is 4.98 Å². The lowest BCUT2D eigenvalue weighted by atomic mass is 9.78. The molecule has 3 heterocycles. The molecule has 0 amide bonds. The Kier molecular flexibility index (Phi) is 2.70. The second-order valence-corrected chi connectivity index (χ2v) is 7.47. The average Bonchev–Trinajstić information content (AvgIpc) is 3.00. The number of H-pyrrole nitrogens is 1. The van der Waals surface area contributed by atoms with Gasteiger partial charge in [0.15, 0.2) is 5.43 Å². The van der Waals surface area contributed by atoms with E-state index in [-0.39, 0.29) is 11.3 Å². The third-order valence-corrected chi connectivity index (χ3v) is 6.03. The van der Waals surface area contributed by atoms with Crippen LogP contribution >= 0.6 is 0 Å². The fraction of sp³-hybridized carbons (Fsp3) is 0.174. The summed E-state index contributed by atoms with van der Waals surface area (Å²) in [5.74, 6) is 1.75. The van der Waals surface area contributed by atoms with E-state index in [2.05, 4.69) is 18.0 Å². The van der Waals surface area contributed by atoms with Gasteiger partial charge in [-0.1, -0.05) is 30.3 Å². The first-order valence-corrected chi connectivity index (χ1v) is 9.16. The Morgan fingerprint density at radius 1 is 0.963 bits per heavy atom. The molecule has 4 nitrogen and oxygen atoms in total. The SMILES string of the molecule is C[C@]12Oc3ccccc3[C@H]1COc1ccc3c(=O)c4ccccc4[nH]c3c12. The Labute approximate surface area is 155 Å². The molecule has 2 aliphatic heterocycles. The van der Waals surface area contributed by atoms with Gasteiger partial charge in [0.05, 0.1) is 23.6 Å². The lowest BCUT2D eigenvalue weighted by Crippen LogP contribution is -2.39. The van der Waals surface area contributed by atoms with Crippen LogP contribution in [0.15, 0.2) is 65.5 Å². The summed E-state index contributed by atoms with van der Waals surface area (Å²) in [6, 6.07) is 19.5. The molecule has 0 saturated carbocycles. The van der Waals surface area contributed by atoms with Crippen molar-refractivity contribution in [2.75, 3.05) is 6.61 Å². The molecule has 0 aliphatic carbocycles. The van der Waals surface area contributed by atoms with Crippen LogP contribution in [-0.4, -0.2) is 11.6 Å². The molecular formula is C23H17NO3. The molecule has 6 rings (SSSR count). The summed E-state index contributed by atoms with van der Waals surface area (Å²) in [6.07, 6.45) is 0. The molecule has 1 aromatic heterocycles. The minimum Gasteiger partial charge on any atom is -0.492 e. The number of ether oxygens (including phenoxy) is 2. The molecule has 27 heavy (non-hydrogen) atoms. The van der Waals surface area contributed by atoms with E-state index in [1.54, 1.807) is 0 Å². The maximum atomic E-state index is 13.1. The van der Waals surface area contributed by atoms with Crippen molar-refractivity contribution in [2.24, 2.45) is 0 Å². The van der Waals surface area contributed by atoms with Crippen LogP contribution in [-0.2, 0) is 5.60 Å². The van der Waals surface area contributed by atoms with E-state index < -0.39 is 5.60 Å². The maximum absolute atomic E-state index is 13.1. The zero-order chi connectivity index (χ0) is 18.2. The number of aromatic nitrogens is 1. The summed E-state index contributed by atoms with van der Waals surface area (Å²) in [6.45, 7) is 2.66. The van der Waals surface area contributed by atoms with Gasteiger partial charge in [-0.05, 0) is 37.3 Å². The van der Waals surface area contributed by atoms with Gasteiger partial charge in [-0.25, -0.2) is 0 Å². The molecule has 0 fully saturated rings. The van der Waals surface area contributed by atoms with Crippen LogP contribution in [0.2, 0.25) is 0 Å². The van der Waals surface area contributed by atoms with Crippen molar-refractivity contribution in [3.63, 3.8) is 0 Å². The van der Waals surface area contributed by atoms with Gasteiger partial charge in [0.2, 0.25) is 0 Å². The number of hydrogen-bond donors (Lipinski definition) is 1. The Bertz CT molecular complexity index is 1310. The molecule has 132 valence electrons. The summed E-state index contributed by atoms with van der Waals surface area (Å²) >= 11 is 0. The van der Waals surface area contributed by atoms with Crippen molar-refractivity contribution in [1.29, 1.82) is 0 Å². The van der Waals surface area contributed by atoms with E-state index in [1.807, 2.05) is 54.6 Å². The number of pyridine rings is 1. The minimum absolute atomic E-state index is 0.0309. The number of para-hydroxylation sites is 2. The number of nitrogens with one attached hydrogen (secondary N) is 1. The maximum Gasteiger partial charge on any atom is 0.197 e. The summed E-state index contributed by atoms with van der Waals surface area (Å²) in [5, 5.41) is 1.36. The fourth-order valence-corrected chi connectivity index (χ4v) is 4.69. The molecule has 0 saturated heterocycles. The predicted molar refractivity (Wildman–Crippen MR) is 105 cm³/mol. The van der Waals surface area contributed by atoms with Crippen molar-refractivity contribution in [3.8, 4) is 11.5 Å². The Hall–Kier alpha value is -3.27. The summed E-state index contributed by atoms with van der Waals surface area (Å²) in [4.78, 5) is 16.6. The first-order valence-electron chi connectivity index (χ1n) is 9.16. The standard InChI is InChI=1S/C23H17NO3/c1-23-16(13-6-3-5-9-18(13)27-23)12-26-19-11-10-15-21(20(19)23)24-17-8-4-2-7-14(17)22(15)25/h2-11,16H,12H2,1H3,(H,24,25)/t16-,23+/m1/s1. The zero-order valence-electron chi connectivity index (χ0n) is 14.8. The lowest BCUT2D eigenvalue weighted by molar-refractivity contribution is 0.0450. The monoisotopic (exact) mass is 355 g/mol. The molecule has 3 aromatic carbocycles. The summed E-state index contributed by atoms with van der Waals surface area (Å²) < 4.78 is 12.6. The second kappa shape index (κ2) is 4.92. The van der Waals surface area contributed by atoms with Gasteiger partial charge < -0.3 is 14.5 Å². The largest absolute Gasteiger partial charge is 0.492 e. The van der Waals surface area contributed by atoms with E-state index in [1.165, 1.54) is 0 Å². The molecular weight excluding hydrogens is 338 g/mol. The average molecular weight is 355 g/mol. The molecule has 4 heteroatoms. The van der Waals surface area contributed by atoms with Gasteiger partial charge >= 0.3 is 0 Å². The highest BCUT2D eigenvalue weighted by molar-refractivity contribution is 5.95. The van der Waals surface area contributed by atoms with Crippen molar-refractivity contribution >= 4 is 21.8 Å². The van der Waals surface area contributed by atoms with E-state index in [4.69, 9.17) is 9.47 Å². The van der Waals surface area contributed by atoms with Crippen molar-refractivity contribution < 1.29 is 9.47 Å². The van der Waals surface area contributed by atoms with Gasteiger partial charge in [0.1, 0.15) is 17.1 Å². The van der Waals surface area contributed by atoms with Gasteiger partial charge in [0, 0.05) is 21.9 Å². The molecule has 0 unspecified atom stereocenters. The number of hydrogen-bond acceptors (Lipinski definition) is 3. The Balaban J connectivity index is 1.72. The molecule has 0 bridgehead atoms. The van der Waals surface area contributed by atoms with Crippen molar-refractivity contribution in [3.05, 3.63) is 82.0 Å². The highest BCUT2D eigenvalue weighted by Crippen LogP contribution is 2.55. The van der Waals surface area contributed by atoms with E-state index in [0.717, 1.165) is 33.7 Å². The number of benzene rings is 3. The quantitative estimate of drug-likeness (QED) is 0.474. The molecule has 4 aromatic rings. The van der Waals surface area contributed by atoms with Gasteiger partial charge in [-0.15, -0.1) is 0 Å². The minimum atomic E-state index is -0.581. The number of fused-ring (bicyclic) bond motifs is 8. The van der Waals surface area contributed by atoms with Gasteiger partial charge in [-0.2, -0.15) is 0 Å². The fourth-order valence-electron chi connectivity index (χ4n) is 4.69. The molecule has 0 spiro atoms. The van der Waals surface area contributed by atoms with Gasteiger partial charge in [0.25, 0.3) is 0 Å². The molecule has 1 N–H and O–H groups in total. The smallest absolute Gasteiger partial charge is 0.197 e. The molecule has 2 aliphatic rings. The molecule has 0 radical (unpaired) electrons. The summed E-state index contributed by atoms with van der Waals surface area (Å²) in [7, 11) is 0. The first kappa shape index (κ1) is 14.9. The van der Waals surface area contributed by atoms with Crippen LogP contribution in [0.25, 0.3) is 21.8 Å². The third kappa shape index (κ3) is 1.80. The lowest BCUT2D eigenvalue weighted by Gasteiger charge is -2.37. The highest BCUT2D eigenvalue weighted by atomic mass is 16.5. The summed E-state index contributed by atoms with van der Waals surface area (Å²) in [5.41, 5.74) is 3.16. The third-order valence-electron chi connectivity index (χ3n) is 6.03. The van der Waals surface area contributed by atoms with E-state index in [0.29, 0.717) is 17.4 Å².